The Morgan fingerprint density at radius 1 is 1.29 bits per heavy atom. The minimum atomic E-state index is -0.498. The van der Waals surface area contributed by atoms with Crippen molar-refractivity contribution in [3.05, 3.63) is 0 Å². The van der Waals surface area contributed by atoms with Gasteiger partial charge >= 0.3 is 0 Å². The Balaban J connectivity index is 2.82. The van der Waals surface area contributed by atoms with Crippen molar-refractivity contribution >= 4 is 11.8 Å². The topological polar surface area (TPSA) is 37.4 Å². The lowest BCUT2D eigenvalue weighted by Gasteiger charge is -2.26. The number of carbonyl (C=O) groups excluding carboxylic acids is 2. The summed E-state index contributed by atoms with van der Waals surface area (Å²) >= 11 is 0. The molecular formula is C11H19NO2. The molecule has 0 spiro atoms. The molecule has 80 valence electrons. The van der Waals surface area contributed by atoms with Crippen LogP contribution < -0.4 is 0 Å². The van der Waals surface area contributed by atoms with E-state index in [0.717, 1.165) is 0 Å². The molecule has 3 nitrogen and oxygen atoms in total. The maximum absolute atomic E-state index is 11.8. The normalized spacial score (nSPS) is 21.9. The van der Waals surface area contributed by atoms with Gasteiger partial charge in [0.25, 0.3) is 0 Å². The number of likely N-dealkylation sites (tertiary alicyclic amines) is 1. The van der Waals surface area contributed by atoms with Crippen LogP contribution in [0.25, 0.3) is 0 Å². The lowest BCUT2D eigenvalue weighted by molar-refractivity contribution is -0.142. The van der Waals surface area contributed by atoms with E-state index >= 15 is 0 Å². The molecule has 0 bridgehead atoms. The van der Waals surface area contributed by atoms with Crippen LogP contribution in [0.5, 0.6) is 0 Å². The minimum absolute atomic E-state index is 0.0221. The van der Waals surface area contributed by atoms with Gasteiger partial charge in [0, 0.05) is 13.0 Å². The van der Waals surface area contributed by atoms with Gasteiger partial charge in [0.2, 0.25) is 11.8 Å². The molecule has 0 aliphatic carbocycles. The molecule has 2 amide bonds. The molecular weight excluding hydrogens is 178 g/mol. The van der Waals surface area contributed by atoms with E-state index in [-0.39, 0.29) is 17.2 Å². The van der Waals surface area contributed by atoms with Crippen LogP contribution in [-0.2, 0) is 9.59 Å². The van der Waals surface area contributed by atoms with E-state index in [1.54, 1.807) is 0 Å². The number of amides is 2. The van der Waals surface area contributed by atoms with Crippen LogP contribution in [0.3, 0.4) is 0 Å². The number of rotatable bonds is 1. The molecule has 1 saturated heterocycles. The molecule has 0 unspecified atom stereocenters. The predicted octanol–water partition coefficient (Wildman–Crippen LogP) is 1.82. The van der Waals surface area contributed by atoms with E-state index in [0.29, 0.717) is 13.0 Å². The van der Waals surface area contributed by atoms with Crippen LogP contribution in [0.1, 0.15) is 41.0 Å². The molecule has 3 heteroatoms. The molecule has 0 aromatic rings. The summed E-state index contributed by atoms with van der Waals surface area (Å²) in [4.78, 5) is 24.8. The third-order valence-electron chi connectivity index (χ3n) is 2.35. The van der Waals surface area contributed by atoms with Crippen molar-refractivity contribution in [3.8, 4) is 0 Å². The summed E-state index contributed by atoms with van der Waals surface area (Å²) in [7, 11) is 0. The Hall–Kier alpha value is -0.860. The van der Waals surface area contributed by atoms with Gasteiger partial charge in [-0.2, -0.15) is 0 Å². The number of nitrogens with zero attached hydrogens (tertiary/aromatic N) is 1. The lowest BCUT2D eigenvalue weighted by Crippen LogP contribution is -2.38. The van der Waals surface area contributed by atoms with Crippen molar-refractivity contribution in [1.82, 2.24) is 4.90 Å². The van der Waals surface area contributed by atoms with Gasteiger partial charge in [0.05, 0.1) is 5.41 Å². The third-order valence-corrected chi connectivity index (χ3v) is 2.35. The zero-order chi connectivity index (χ0) is 11.1. The number of hydrogen-bond acceptors (Lipinski definition) is 2. The van der Waals surface area contributed by atoms with Gasteiger partial charge in [-0.3, -0.25) is 14.5 Å². The smallest absolute Gasteiger partial charge is 0.235 e. The van der Waals surface area contributed by atoms with Crippen molar-refractivity contribution in [2.45, 2.75) is 41.0 Å². The first-order valence-corrected chi connectivity index (χ1v) is 4.98. The van der Waals surface area contributed by atoms with Crippen molar-refractivity contribution < 1.29 is 9.59 Å². The molecule has 0 aromatic heterocycles. The largest absolute Gasteiger partial charge is 0.282 e. The fourth-order valence-electron chi connectivity index (χ4n) is 1.66. The number of hydrogen-bond donors (Lipinski definition) is 0. The summed E-state index contributed by atoms with van der Waals surface area (Å²) in [5.41, 5.74) is -0.520. The van der Waals surface area contributed by atoms with E-state index < -0.39 is 5.41 Å². The molecule has 0 N–H and O–H groups in total. The van der Waals surface area contributed by atoms with E-state index in [2.05, 4.69) is 0 Å². The van der Waals surface area contributed by atoms with E-state index in [1.165, 1.54) is 4.90 Å². The second kappa shape index (κ2) is 3.07. The first-order valence-electron chi connectivity index (χ1n) is 4.98. The minimum Gasteiger partial charge on any atom is -0.282 e. The molecule has 1 heterocycles. The maximum atomic E-state index is 11.8. The van der Waals surface area contributed by atoms with Crippen molar-refractivity contribution in [2.24, 2.45) is 10.8 Å². The van der Waals surface area contributed by atoms with Crippen LogP contribution in [-0.4, -0.2) is 23.3 Å². The molecule has 14 heavy (non-hydrogen) atoms. The van der Waals surface area contributed by atoms with E-state index in [9.17, 15) is 9.59 Å². The highest BCUT2D eigenvalue weighted by Gasteiger charge is 2.45. The zero-order valence-electron chi connectivity index (χ0n) is 9.68. The highest BCUT2D eigenvalue weighted by atomic mass is 16.2. The SMILES string of the molecule is CC(C)(C)CN1C(=O)CC(C)(C)C1=O. The summed E-state index contributed by atoms with van der Waals surface area (Å²) in [6, 6.07) is 0. The highest BCUT2D eigenvalue weighted by Crippen LogP contribution is 2.33. The van der Waals surface area contributed by atoms with Gasteiger partial charge in [-0.15, -0.1) is 0 Å². The van der Waals surface area contributed by atoms with Gasteiger partial charge in [0.15, 0.2) is 0 Å². The van der Waals surface area contributed by atoms with Gasteiger partial charge in [-0.25, -0.2) is 0 Å². The van der Waals surface area contributed by atoms with Crippen molar-refractivity contribution in [3.63, 3.8) is 0 Å². The Labute approximate surface area is 85.5 Å². The van der Waals surface area contributed by atoms with E-state index in [4.69, 9.17) is 0 Å². The van der Waals surface area contributed by atoms with Gasteiger partial charge in [-0.05, 0) is 5.41 Å². The molecule has 0 saturated carbocycles. The van der Waals surface area contributed by atoms with Gasteiger partial charge < -0.3 is 0 Å². The highest BCUT2D eigenvalue weighted by molar-refractivity contribution is 6.05. The average Bonchev–Trinajstić information content (AvgIpc) is 2.10. The van der Waals surface area contributed by atoms with Crippen LogP contribution in [0.2, 0.25) is 0 Å². The molecule has 1 rings (SSSR count). The Morgan fingerprint density at radius 2 is 1.79 bits per heavy atom. The number of carbonyl (C=O) groups is 2. The first-order chi connectivity index (χ1) is 6.13. The predicted molar refractivity (Wildman–Crippen MR) is 54.6 cm³/mol. The quantitative estimate of drug-likeness (QED) is 0.601. The summed E-state index contributed by atoms with van der Waals surface area (Å²) in [6.45, 7) is 10.3. The first kappa shape index (κ1) is 11.2. The lowest BCUT2D eigenvalue weighted by atomic mass is 9.91. The van der Waals surface area contributed by atoms with Crippen LogP contribution in [0.15, 0.2) is 0 Å². The fraction of sp³-hybridized carbons (Fsp3) is 0.818. The molecule has 1 aliphatic heterocycles. The Morgan fingerprint density at radius 3 is 2.07 bits per heavy atom. The molecule has 0 aromatic carbocycles. The summed E-state index contributed by atoms with van der Waals surface area (Å²) < 4.78 is 0. The zero-order valence-corrected chi connectivity index (χ0v) is 9.68. The van der Waals surface area contributed by atoms with Crippen LogP contribution in [0, 0.1) is 10.8 Å². The van der Waals surface area contributed by atoms with E-state index in [1.807, 2.05) is 34.6 Å². The van der Waals surface area contributed by atoms with Crippen molar-refractivity contribution in [1.29, 1.82) is 0 Å². The van der Waals surface area contributed by atoms with Crippen LogP contribution >= 0.6 is 0 Å². The standard InChI is InChI=1S/C11H19NO2/c1-10(2,3)7-12-8(13)6-11(4,5)9(12)14/h6-7H2,1-5H3. The molecule has 1 fully saturated rings. The third kappa shape index (κ3) is 2.14. The number of imide groups is 1. The summed E-state index contributed by atoms with van der Waals surface area (Å²) in [6.07, 6.45) is 0.349. The Kier molecular flexibility index (Phi) is 2.46. The average molecular weight is 197 g/mol. The molecule has 0 atom stereocenters. The molecule has 1 aliphatic rings. The summed E-state index contributed by atoms with van der Waals surface area (Å²) in [5.74, 6) is -0.0626. The summed E-state index contributed by atoms with van der Waals surface area (Å²) in [5, 5.41) is 0. The molecule has 0 radical (unpaired) electrons. The maximum Gasteiger partial charge on any atom is 0.235 e. The van der Waals surface area contributed by atoms with Gasteiger partial charge in [-0.1, -0.05) is 34.6 Å². The Bertz CT molecular complexity index is 274. The monoisotopic (exact) mass is 197 g/mol. The van der Waals surface area contributed by atoms with Crippen molar-refractivity contribution in [2.75, 3.05) is 6.54 Å². The fourth-order valence-corrected chi connectivity index (χ4v) is 1.66. The second-order valence-electron chi connectivity index (χ2n) is 5.91. The second-order valence-corrected chi connectivity index (χ2v) is 5.91. The van der Waals surface area contributed by atoms with Crippen LogP contribution in [0.4, 0.5) is 0 Å². The van der Waals surface area contributed by atoms with Gasteiger partial charge in [0.1, 0.15) is 0 Å².